The minimum atomic E-state index is -3.57. The van der Waals surface area contributed by atoms with Gasteiger partial charge < -0.3 is 0 Å². The molecule has 1 heterocycles. The summed E-state index contributed by atoms with van der Waals surface area (Å²) in [6, 6.07) is 7.44. The van der Waals surface area contributed by atoms with Gasteiger partial charge in [0.05, 0.1) is 17.6 Å². The zero-order chi connectivity index (χ0) is 14.0. The normalized spacial score (nSPS) is 11.5. The van der Waals surface area contributed by atoms with Gasteiger partial charge in [0.15, 0.2) is 0 Å². The van der Waals surface area contributed by atoms with Gasteiger partial charge in [0, 0.05) is 6.54 Å². The number of H-pyrrole nitrogens is 1. The molecule has 0 saturated carbocycles. The molecular weight excluding hydrogens is 262 g/mol. The van der Waals surface area contributed by atoms with Gasteiger partial charge in [0.1, 0.15) is 4.90 Å². The van der Waals surface area contributed by atoms with Crippen molar-refractivity contribution in [2.45, 2.75) is 25.7 Å². The van der Waals surface area contributed by atoms with Crippen molar-refractivity contribution in [3.63, 3.8) is 0 Å². The van der Waals surface area contributed by atoms with E-state index < -0.39 is 10.0 Å². The number of sulfonamides is 1. The van der Waals surface area contributed by atoms with Gasteiger partial charge in [-0.15, -0.1) is 0 Å². The van der Waals surface area contributed by atoms with Gasteiger partial charge in [-0.3, -0.25) is 9.40 Å². The molecular formula is C13H17N3O2S. The third-order valence-corrected chi connectivity index (χ3v) is 5.03. The molecule has 0 amide bonds. The van der Waals surface area contributed by atoms with E-state index in [1.54, 1.807) is 6.92 Å². The Balaban J connectivity index is 2.55. The van der Waals surface area contributed by atoms with Gasteiger partial charge in [-0.2, -0.15) is 5.10 Å². The lowest BCUT2D eigenvalue weighted by Gasteiger charge is -2.24. The highest BCUT2D eigenvalue weighted by molar-refractivity contribution is 7.92. The highest BCUT2D eigenvalue weighted by Crippen LogP contribution is 2.26. The molecule has 0 aliphatic rings. The van der Waals surface area contributed by atoms with Gasteiger partial charge in [-0.1, -0.05) is 18.2 Å². The van der Waals surface area contributed by atoms with E-state index in [4.69, 9.17) is 0 Å². The summed E-state index contributed by atoms with van der Waals surface area (Å²) in [6.07, 6.45) is 1.35. The molecule has 1 N–H and O–H groups in total. The average molecular weight is 279 g/mol. The van der Waals surface area contributed by atoms with Crippen LogP contribution >= 0.6 is 0 Å². The first kappa shape index (κ1) is 13.6. The highest BCUT2D eigenvalue weighted by Gasteiger charge is 2.27. The number of hydrogen-bond donors (Lipinski definition) is 1. The van der Waals surface area contributed by atoms with Crippen LogP contribution in [0.3, 0.4) is 0 Å². The Kier molecular flexibility index (Phi) is 3.61. The number of aromatic nitrogens is 2. The van der Waals surface area contributed by atoms with Crippen LogP contribution < -0.4 is 4.31 Å². The van der Waals surface area contributed by atoms with Crippen molar-refractivity contribution in [1.29, 1.82) is 0 Å². The third-order valence-electron chi connectivity index (χ3n) is 3.02. The second kappa shape index (κ2) is 5.05. The predicted molar refractivity (Wildman–Crippen MR) is 74.7 cm³/mol. The molecule has 102 valence electrons. The number of nitrogens with zero attached hydrogens (tertiary/aromatic N) is 2. The predicted octanol–water partition coefficient (Wildman–Crippen LogP) is 2.24. The monoisotopic (exact) mass is 279 g/mol. The van der Waals surface area contributed by atoms with Crippen LogP contribution in [0.1, 0.15) is 18.2 Å². The summed E-state index contributed by atoms with van der Waals surface area (Å²) in [7, 11) is -3.57. The van der Waals surface area contributed by atoms with Gasteiger partial charge in [0.25, 0.3) is 10.0 Å². The third kappa shape index (κ3) is 2.35. The lowest BCUT2D eigenvalue weighted by atomic mass is 10.2. The molecule has 0 bridgehead atoms. The summed E-state index contributed by atoms with van der Waals surface area (Å²) >= 11 is 0. The number of hydrogen-bond acceptors (Lipinski definition) is 3. The molecule has 1 aromatic heterocycles. The van der Waals surface area contributed by atoms with Crippen molar-refractivity contribution in [3.8, 4) is 0 Å². The van der Waals surface area contributed by atoms with Crippen LogP contribution in [0.2, 0.25) is 0 Å². The van der Waals surface area contributed by atoms with Gasteiger partial charge in [-0.25, -0.2) is 8.42 Å². The van der Waals surface area contributed by atoms with Gasteiger partial charge in [0.2, 0.25) is 0 Å². The van der Waals surface area contributed by atoms with E-state index in [-0.39, 0.29) is 4.90 Å². The van der Waals surface area contributed by atoms with Crippen molar-refractivity contribution in [2.24, 2.45) is 0 Å². The molecule has 5 nitrogen and oxygen atoms in total. The van der Waals surface area contributed by atoms with E-state index in [9.17, 15) is 8.42 Å². The molecule has 19 heavy (non-hydrogen) atoms. The molecule has 0 unspecified atom stereocenters. The van der Waals surface area contributed by atoms with Crippen molar-refractivity contribution in [1.82, 2.24) is 10.2 Å². The maximum Gasteiger partial charge on any atom is 0.267 e. The Morgan fingerprint density at radius 2 is 1.95 bits per heavy atom. The molecule has 2 rings (SSSR count). The lowest BCUT2D eigenvalue weighted by Crippen LogP contribution is -2.31. The Hall–Kier alpha value is -1.82. The van der Waals surface area contributed by atoms with E-state index in [0.29, 0.717) is 17.9 Å². The Labute approximate surface area is 113 Å². The van der Waals surface area contributed by atoms with Crippen LogP contribution in [0.25, 0.3) is 0 Å². The van der Waals surface area contributed by atoms with Crippen LogP contribution in [0.15, 0.2) is 35.4 Å². The zero-order valence-corrected chi connectivity index (χ0v) is 12.0. The summed E-state index contributed by atoms with van der Waals surface area (Å²) in [5.74, 6) is 0. The van der Waals surface area contributed by atoms with E-state index >= 15 is 0 Å². The van der Waals surface area contributed by atoms with E-state index in [0.717, 1.165) is 5.56 Å². The van der Waals surface area contributed by atoms with Crippen molar-refractivity contribution >= 4 is 15.7 Å². The molecule has 0 aliphatic heterocycles. The fraction of sp³-hybridized carbons (Fsp3) is 0.308. The van der Waals surface area contributed by atoms with Crippen LogP contribution in [-0.4, -0.2) is 25.2 Å². The zero-order valence-electron chi connectivity index (χ0n) is 11.2. The molecule has 0 fully saturated rings. The summed E-state index contributed by atoms with van der Waals surface area (Å²) < 4.78 is 26.7. The minimum Gasteiger partial charge on any atom is -0.281 e. The molecule has 2 aromatic rings. The van der Waals surface area contributed by atoms with E-state index in [2.05, 4.69) is 10.2 Å². The first-order valence-electron chi connectivity index (χ1n) is 6.06. The van der Waals surface area contributed by atoms with Crippen molar-refractivity contribution < 1.29 is 8.42 Å². The summed E-state index contributed by atoms with van der Waals surface area (Å²) in [5.41, 5.74) is 2.17. The molecule has 6 heteroatoms. The smallest absolute Gasteiger partial charge is 0.267 e. The van der Waals surface area contributed by atoms with Crippen molar-refractivity contribution in [2.75, 3.05) is 10.8 Å². The fourth-order valence-electron chi connectivity index (χ4n) is 2.03. The maximum atomic E-state index is 12.7. The maximum absolute atomic E-state index is 12.7. The number of aromatic amines is 1. The number of rotatable bonds is 4. The summed E-state index contributed by atoms with van der Waals surface area (Å²) in [6.45, 7) is 5.79. The van der Waals surface area contributed by atoms with Gasteiger partial charge >= 0.3 is 0 Å². The van der Waals surface area contributed by atoms with Crippen LogP contribution in [0, 0.1) is 13.8 Å². The van der Waals surface area contributed by atoms with Crippen LogP contribution in [0.4, 0.5) is 5.69 Å². The Bertz CT molecular complexity index is 677. The average Bonchev–Trinajstić information content (AvgIpc) is 2.79. The standard InChI is InChI=1S/C13H17N3O2S/c1-4-16(12-8-6-5-7-10(12)2)19(17,18)13-9-14-15-11(13)3/h5-9H,4H2,1-3H3,(H,14,15). The Morgan fingerprint density at radius 1 is 1.26 bits per heavy atom. The second-order valence-electron chi connectivity index (χ2n) is 4.32. The van der Waals surface area contributed by atoms with Crippen LogP contribution in [-0.2, 0) is 10.0 Å². The number of nitrogens with one attached hydrogen (secondary N) is 1. The summed E-state index contributed by atoms with van der Waals surface area (Å²) in [4.78, 5) is 0.220. The second-order valence-corrected chi connectivity index (χ2v) is 6.15. The highest BCUT2D eigenvalue weighted by atomic mass is 32.2. The molecule has 0 spiro atoms. The van der Waals surface area contributed by atoms with Gasteiger partial charge in [-0.05, 0) is 32.4 Å². The molecule has 1 aromatic carbocycles. The minimum absolute atomic E-state index is 0.220. The summed E-state index contributed by atoms with van der Waals surface area (Å²) in [5, 5.41) is 6.45. The molecule has 0 aliphatic carbocycles. The van der Waals surface area contributed by atoms with Crippen LogP contribution in [0.5, 0.6) is 0 Å². The molecule has 0 atom stereocenters. The number of anilines is 1. The SMILES string of the molecule is CCN(c1ccccc1C)S(=O)(=O)c1cn[nH]c1C. The first-order valence-corrected chi connectivity index (χ1v) is 7.50. The molecule has 0 saturated heterocycles. The largest absolute Gasteiger partial charge is 0.281 e. The van der Waals surface area contributed by atoms with E-state index in [1.165, 1.54) is 10.5 Å². The lowest BCUT2D eigenvalue weighted by molar-refractivity contribution is 0.591. The number of para-hydroxylation sites is 1. The van der Waals surface area contributed by atoms with Crippen molar-refractivity contribution in [3.05, 3.63) is 41.7 Å². The fourth-order valence-corrected chi connectivity index (χ4v) is 3.69. The first-order chi connectivity index (χ1) is 8.98. The quantitative estimate of drug-likeness (QED) is 0.933. The topological polar surface area (TPSA) is 66.1 Å². The van der Waals surface area contributed by atoms with E-state index in [1.807, 2.05) is 38.1 Å². The number of aryl methyl sites for hydroxylation is 2. The Morgan fingerprint density at radius 3 is 2.47 bits per heavy atom. The number of benzene rings is 1. The molecule has 0 radical (unpaired) electrons.